The largest absolute Gasteiger partial charge is 0.484 e. The molecule has 0 spiro atoms. The van der Waals surface area contributed by atoms with Crippen LogP contribution in [-0.2, 0) is 14.8 Å². The average molecular weight is 464 g/mol. The molecule has 1 heterocycles. The molecule has 0 aromatic heterocycles. The second kappa shape index (κ2) is 9.28. The van der Waals surface area contributed by atoms with Gasteiger partial charge in [-0.05, 0) is 25.1 Å². The summed E-state index contributed by atoms with van der Waals surface area (Å²) >= 11 is 0. The van der Waals surface area contributed by atoms with E-state index in [0.29, 0.717) is 11.3 Å². The first-order chi connectivity index (χ1) is 15.1. The molecule has 13 heteroatoms. The van der Waals surface area contributed by atoms with Gasteiger partial charge in [-0.25, -0.2) is 8.42 Å². The molecule has 2 aromatic carbocycles. The Bertz CT molecular complexity index is 1160. The van der Waals surface area contributed by atoms with Crippen molar-refractivity contribution in [2.24, 2.45) is 0 Å². The molecule has 0 atom stereocenters. The van der Waals surface area contributed by atoms with Gasteiger partial charge in [-0.15, -0.1) is 0 Å². The molecule has 32 heavy (non-hydrogen) atoms. The van der Waals surface area contributed by atoms with Crippen molar-refractivity contribution in [1.82, 2.24) is 9.21 Å². The van der Waals surface area contributed by atoms with Gasteiger partial charge in [0.1, 0.15) is 5.75 Å². The van der Waals surface area contributed by atoms with Crippen molar-refractivity contribution in [3.63, 3.8) is 0 Å². The van der Waals surface area contributed by atoms with Crippen LogP contribution in [0.25, 0.3) is 0 Å². The van der Waals surface area contributed by atoms with Crippen LogP contribution < -0.4 is 4.74 Å². The van der Waals surface area contributed by atoms with Gasteiger partial charge >= 0.3 is 0 Å². The molecule has 0 saturated carbocycles. The molecular weight excluding hydrogens is 444 g/mol. The highest BCUT2D eigenvalue weighted by molar-refractivity contribution is 7.89. The molecule has 3 rings (SSSR count). The summed E-state index contributed by atoms with van der Waals surface area (Å²) in [5.41, 5.74) is 0.0307. The van der Waals surface area contributed by atoms with Crippen LogP contribution in [0.5, 0.6) is 5.75 Å². The van der Waals surface area contributed by atoms with E-state index in [1.807, 2.05) is 0 Å². The molecule has 12 nitrogen and oxygen atoms in total. The lowest BCUT2D eigenvalue weighted by atomic mass is 10.2. The van der Waals surface area contributed by atoms with Crippen LogP contribution in [0.2, 0.25) is 0 Å². The highest BCUT2D eigenvalue weighted by Gasteiger charge is 2.31. The van der Waals surface area contributed by atoms with Crippen LogP contribution >= 0.6 is 0 Å². The zero-order chi connectivity index (χ0) is 23.5. The summed E-state index contributed by atoms with van der Waals surface area (Å²) in [5, 5.41) is 21.8. The number of carbonyl (C=O) groups is 1. The number of carbonyl (C=O) groups excluding carboxylic acids is 1. The molecule has 2 aromatic rings. The van der Waals surface area contributed by atoms with E-state index in [4.69, 9.17) is 4.74 Å². The summed E-state index contributed by atoms with van der Waals surface area (Å²) in [6, 6.07) is 8.99. The summed E-state index contributed by atoms with van der Waals surface area (Å²) in [6.07, 6.45) is 0. The van der Waals surface area contributed by atoms with E-state index < -0.39 is 19.9 Å². The standard InChI is InChI=1S/C19H20N4O8S/c1-14-11-16(5-6-18(14)23(27)28)31-13-19(24)20-7-9-21(10-8-20)32(29,30)17-4-2-3-15(12-17)22(25)26/h2-6,11-12H,7-10,13H2,1H3. The molecule has 0 N–H and O–H groups in total. The Balaban J connectivity index is 1.57. The molecule has 170 valence electrons. The van der Waals surface area contributed by atoms with E-state index in [9.17, 15) is 33.4 Å². The summed E-state index contributed by atoms with van der Waals surface area (Å²) in [5.74, 6) is -0.0401. The number of piperazine rings is 1. The van der Waals surface area contributed by atoms with Gasteiger partial charge in [0.25, 0.3) is 17.3 Å². The minimum absolute atomic E-state index is 0.0351. The summed E-state index contributed by atoms with van der Waals surface area (Å²) in [4.78, 5) is 34.3. The van der Waals surface area contributed by atoms with Crippen molar-refractivity contribution in [3.8, 4) is 5.75 Å². The lowest BCUT2D eigenvalue weighted by Gasteiger charge is -2.33. The first-order valence-corrected chi connectivity index (χ1v) is 10.9. The molecule has 1 saturated heterocycles. The molecule has 1 aliphatic heterocycles. The second-order valence-corrected chi connectivity index (χ2v) is 8.97. The normalized spacial score (nSPS) is 14.7. The molecule has 0 bridgehead atoms. The fraction of sp³-hybridized carbons (Fsp3) is 0.316. The SMILES string of the molecule is Cc1cc(OCC(=O)N2CCN(S(=O)(=O)c3cccc([N+](=O)[O-])c3)CC2)ccc1[N+](=O)[O-]. The van der Waals surface area contributed by atoms with Crippen LogP contribution in [-0.4, -0.2) is 66.2 Å². The third-order valence-corrected chi connectivity index (χ3v) is 6.88. The van der Waals surface area contributed by atoms with Crippen molar-refractivity contribution < 1.29 is 27.8 Å². The van der Waals surface area contributed by atoms with E-state index in [1.165, 1.54) is 45.6 Å². The predicted molar refractivity (Wildman–Crippen MR) is 112 cm³/mol. The number of aryl methyl sites for hydroxylation is 1. The zero-order valence-corrected chi connectivity index (χ0v) is 17.9. The number of rotatable bonds is 7. The van der Waals surface area contributed by atoms with Crippen molar-refractivity contribution >= 4 is 27.3 Å². The number of nitro benzene ring substituents is 2. The number of nitrogens with zero attached hydrogens (tertiary/aromatic N) is 4. The average Bonchev–Trinajstić information content (AvgIpc) is 2.77. The van der Waals surface area contributed by atoms with Crippen molar-refractivity contribution in [2.45, 2.75) is 11.8 Å². The fourth-order valence-corrected chi connectivity index (χ4v) is 4.71. The molecule has 0 aliphatic carbocycles. The Morgan fingerprint density at radius 1 is 1.03 bits per heavy atom. The van der Waals surface area contributed by atoms with Gasteiger partial charge in [0, 0.05) is 49.9 Å². The van der Waals surface area contributed by atoms with Crippen molar-refractivity contribution in [3.05, 3.63) is 68.3 Å². The van der Waals surface area contributed by atoms with Crippen LogP contribution in [0.15, 0.2) is 47.4 Å². The number of hydrogen-bond acceptors (Lipinski definition) is 8. The highest BCUT2D eigenvalue weighted by atomic mass is 32.2. The zero-order valence-electron chi connectivity index (χ0n) is 17.0. The predicted octanol–water partition coefficient (Wildman–Crippen LogP) is 1.72. The van der Waals surface area contributed by atoms with E-state index in [0.717, 1.165) is 6.07 Å². The van der Waals surface area contributed by atoms with E-state index in [1.54, 1.807) is 6.92 Å². The number of ether oxygens (including phenoxy) is 1. The lowest BCUT2D eigenvalue weighted by Crippen LogP contribution is -2.51. The van der Waals surface area contributed by atoms with Crippen LogP contribution in [0, 0.1) is 27.2 Å². The summed E-state index contributed by atoms with van der Waals surface area (Å²) in [6.45, 7) is 1.61. The molecule has 0 radical (unpaired) electrons. The monoisotopic (exact) mass is 464 g/mol. The minimum atomic E-state index is -3.93. The smallest absolute Gasteiger partial charge is 0.272 e. The van der Waals surface area contributed by atoms with E-state index in [2.05, 4.69) is 0 Å². The van der Waals surface area contributed by atoms with Gasteiger partial charge in [-0.2, -0.15) is 4.31 Å². The van der Waals surface area contributed by atoms with Crippen LogP contribution in [0.4, 0.5) is 11.4 Å². The van der Waals surface area contributed by atoms with Gasteiger partial charge in [-0.1, -0.05) is 6.07 Å². The summed E-state index contributed by atoms with van der Waals surface area (Å²) in [7, 11) is -3.93. The molecular formula is C19H20N4O8S. The maximum absolute atomic E-state index is 12.8. The van der Waals surface area contributed by atoms with Crippen molar-refractivity contribution in [1.29, 1.82) is 0 Å². The molecule has 1 aliphatic rings. The summed E-state index contributed by atoms with van der Waals surface area (Å²) < 4.78 is 32.2. The minimum Gasteiger partial charge on any atom is -0.484 e. The van der Waals surface area contributed by atoms with Gasteiger partial charge < -0.3 is 9.64 Å². The van der Waals surface area contributed by atoms with Gasteiger partial charge in [-0.3, -0.25) is 25.0 Å². The number of sulfonamides is 1. The van der Waals surface area contributed by atoms with Crippen LogP contribution in [0.3, 0.4) is 0 Å². The second-order valence-electron chi connectivity index (χ2n) is 7.03. The third kappa shape index (κ3) is 5.00. The van der Waals surface area contributed by atoms with E-state index >= 15 is 0 Å². The highest BCUT2D eigenvalue weighted by Crippen LogP contribution is 2.24. The molecule has 1 amide bonds. The maximum Gasteiger partial charge on any atom is 0.272 e. The first-order valence-electron chi connectivity index (χ1n) is 9.50. The Morgan fingerprint density at radius 2 is 1.72 bits per heavy atom. The number of benzene rings is 2. The Morgan fingerprint density at radius 3 is 2.31 bits per heavy atom. The Hall–Kier alpha value is -3.58. The Kier molecular flexibility index (Phi) is 6.69. The molecule has 0 unspecified atom stereocenters. The van der Waals surface area contributed by atoms with Crippen LogP contribution in [0.1, 0.15) is 5.56 Å². The molecule has 1 fully saturated rings. The van der Waals surface area contributed by atoms with Gasteiger partial charge in [0.2, 0.25) is 10.0 Å². The number of non-ortho nitro benzene ring substituents is 1. The van der Waals surface area contributed by atoms with Gasteiger partial charge in [0.05, 0.1) is 14.7 Å². The van der Waals surface area contributed by atoms with Gasteiger partial charge in [0.15, 0.2) is 6.61 Å². The number of nitro groups is 2. The fourth-order valence-electron chi connectivity index (χ4n) is 3.24. The quantitative estimate of drug-likeness (QED) is 0.443. The first kappa shape index (κ1) is 23.1. The maximum atomic E-state index is 12.8. The topological polar surface area (TPSA) is 153 Å². The third-order valence-electron chi connectivity index (χ3n) is 4.98. The number of amides is 1. The van der Waals surface area contributed by atoms with Crippen molar-refractivity contribution in [2.75, 3.05) is 32.8 Å². The Labute approximate surface area is 183 Å². The van der Waals surface area contributed by atoms with E-state index in [-0.39, 0.29) is 55.0 Å². The lowest BCUT2D eigenvalue weighted by molar-refractivity contribution is -0.385. The number of hydrogen-bond donors (Lipinski definition) is 0.